The Morgan fingerprint density at radius 2 is 1.55 bits per heavy atom. The van der Waals surface area contributed by atoms with Gasteiger partial charge in [0, 0.05) is 11.8 Å². The van der Waals surface area contributed by atoms with E-state index in [1.54, 1.807) is 13.8 Å². The highest BCUT2D eigenvalue weighted by atomic mass is 16.3. The van der Waals surface area contributed by atoms with Gasteiger partial charge in [-0.3, -0.25) is 4.79 Å². The summed E-state index contributed by atoms with van der Waals surface area (Å²) < 4.78 is 0. The molecule has 5 rings (SSSR count). The average molecular weight is 459 g/mol. The van der Waals surface area contributed by atoms with Gasteiger partial charge in [0.05, 0.1) is 11.7 Å². The van der Waals surface area contributed by atoms with Crippen LogP contribution in [-0.2, 0) is 4.79 Å². The Morgan fingerprint density at radius 1 is 0.909 bits per heavy atom. The van der Waals surface area contributed by atoms with Gasteiger partial charge in [0.2, 0.25) is 0 Å². The molecule has 0 radical (unpaired) electrons. The molecule has 0 aliphatic heterocycles. The number of carbonyl (C=O) groups excluding carboxylic acids is 1. The lowest BCUT2D eigenvalue weighted by Crippen LogP contribution is -2.57. The molecular weight excluding hydrogens is 408 g/mol. The number of hydrogen-bond acceptors (Lipinski definition) is 3. The van der Waals surface area contributed by atoms with Gasteiger partial charge in [0.1, 0.15) is 5.78 Å². The van der Waals surface area contributed by atoms with Crippen LogP contribution in [0.25, 0.3) is 0 Å². The molecule has 2 spiro atoms. The maximum atomic E-state index is 12.8. The summed E-state index contributed by atoms with van der Waals surface area (Å²) >= 11 is 0. The molecule has 3 heteroatoms. The molecule has 9 atom stereocenters. The number of hydrogen-bond donors (Lipinski definition) is 2. The Balaban J connectivity index is 1.37. The standard InChI is InChI=1S/C30H50O3/c1-19(8-11-24(32)26(4,5)33)20-12-14-28(7)22-10-9-21-25(2,3)23(31)13-15-29(21)18-30(22,29)17-16-27(20,28)6/h19-22,24,32-33H,8-18H2,1-7H3/t19-,20-,21?,22+,24-,27-,28+,29-,30?/m1/s1. The number of rotatable bonds is 5. The van der Waals surface area contributed by atoms with Gasteiger partial charge in [-0.25, -0.2) is 0 Å². The van der Waals surface area contributed by atoms with Crippen molar-refractivity contribution in [3.05, 3.63) is 0 Å². The fourth-order valence-corrected chi connectivity index (χ4v) is 11.1. The molecular formula is C30H50O3. The largest absolute Gasteiger partial charge is 0.390 e. The van der Waals surface area contributed by atoms with E-state index in [1.807, 2.05) is 0 Å². The summed E-state index contributed by atoms with van der Waals surface area (Å²) in [4.78, 5) is 12.8. The number of Topliss-reactive ketones (excluding diaryl/α,β-unsaturated/α-hetero) is 1. The second-order valence-electron chi connectivity index (χ2n) is 15.0. The molecule has 3 nitrogen and oxygen atoms in total. The van der Waals surface area contributed by atoms with Crippen molar-refractivity contribution in [2.75, 3.05) is 0 Å². The van der Waals surface area contributed by atoms with Crippen LogP contribution >= 0.6 is 0 Å². The number of ketones is 1. The van der Waals surface area contributed by atoms with Gasteiger partial charge in [0.15, 0.2) is 0 Å². The van der Waals surface area contributed by atoms with Crippen LogP contribution in [0.15, 0.2) is 0 Å². The lowest BCUT2D eigenvalue weighted by atomic mass is 9.42. The van der Waals surface area contributed by atoms with Gasteiger partial charge >= 0.3 is 0 Å². The molecule has 2 N–H and O–H groups in total. The molecule has 0 aromatic heterocycles. The highest BCUT2D eigenvalue weighted by Crippen LogP contribution is 2.88. The van der Waals surface area contributed by atoms with Gasteiger partial charge in [-0.2, -0.15) is 0 Å². The van der Waals surface area contributed by atoms with E-state index in [-0.39, 0.29) is 5.41 Å². The van der Waals surface area contributed by atoms with Crippen molar-refractivity contribution in [2.45, 2.75) is 131 Å². The maximum Gasteiger partial charge on any atom is 0.138 e. The number of aliphatic hydroxyl groups is 2. The number of carbonyl (C=O) groups is 1. The zero-order valence-corrected chi connectivity index (χ0v) is 22.5. The first-order valence-electron chi connectivity index (χ1n) is 14.1. The second kappa shape index (κ2) is 7.09. The third-order valence-corrected chi connectivity index (χ3v) is 13.3. The summed E-state index contributed by atoms with van der Waals surface area (Å²) in [5.74, 6) is 3.25. The topological polar surface area (TPSA) is 57.5 Å². The molecule has 0 amide bonds. The molecule has 2 unspecified atom stereocenters. The lowest BCUT2D eigenvalue weighted by Gasteiger charge is -2.62. The summed E-state index contributed by atoms with van der Waals surface area (Å²) in [7, 11) is 0. The summed E-state index contributed by atoms with van der Waals surface area (Å²) in [5.41, 5.74) is 0.606. The smallest absolute Gasteiger partial charge is 0.138 e. The van der Waals surface area contributed by atoms with Crippen molar-refractivity contribution in [3.63, 3.8) is 0 Å². The van der Waals surface area contributed by atoms with E-state index in [9.17, 15) is 15.0 Å². The van der Waals surface area contributed by atoms with Crippen molar-refractivity contribution in [2.24, 2.45) is 50.7 Å². The molecule has 188 valence electrons. The van der Waals surface area contributed by atoms with Crippen LogP contribution in [0, 0.1) is 50.7 Å². The van der Waals surface area contributed by atoms with E-state index in [4.69, 9.17) is 0 Å². The van der Waals surface area contributed by atoms with Crippen molar-refractivity contribution in [1.29, 1.82) is 0 Å². The van der Waals surface area contributed by atoms with Crippen LogP contribution in [0.3, 0.4) is 0 Å². The summed E-state index contributed by atoms with van der Waals surface area (Å²) in [5, 5.41) is 20.6. The highest BCUT2D eigenvalue weighted by molar-refractivity contribution is 5.86. The van der Waals surface area contributed by atoms with Crippen molar-refractivity contribution >= 4 is 5.78 Å². The molecule has 5 aliphatic rings. The summed E-state index contributed by atoms with van der Waals surface area (Å²) in [6.07, 6.45) is 12.4. The monoisotopic (exact) mass is 458 g/mol. The van der Waals surface area contributed by atoms with Gasteiger partial charge < -0.3 is 10.2 Å². The predicted molar refractivity (Wildman–Crippen MR) is 133 cm³/mol. The number of fused-ring (bicyclic) bond motifs is 2. The van der Waals surface area contributed by atoms with Crippen LogP contribution in [0.2, 0.25) is 0 Å². The van der Waals surface area contributed by atoms with E-state index in [1.165, 1.54) is 44.9 Å². The zero-order valence-electron chi connectivity index (χ0n) is 22.5. The third kappa shape index (κ3) is 2.96. The molecule has 5 fully saturated rings. The van der Waals surface area contributed by atoms with Crippen LogP contribution in [0.4, 0.5) is 0 Å². The Labute approximate surface area is 202 Å². The van der Waals surface area contributed by atoms with Crippen molar-refractivity contribution in [1.82, 2.24) is 0 Å². The Kier molecular flexibility index (Phi) is 5.22. The van der Waals surface area contributed by atoms with E-state index < -0.39 is 11.7 Å². The molecule has 33 heavy (non-hydrogen) atoms. The normalized spacial score (nSPS) is 50.0. The van der Waals surface area contributed by atoms with Gasteiger partial charge in [0.25, 0.3) is 0 Å². The minimum atomic E-state index is -1.01. The van der Waals surface area contributed by atoms with Crippen LogP contribution < -0.4 is 0 Å². The molecule has 0 aromatic rings. The molecule has 0 heterocycles. The van der Waals surface area contributed by atoms with E-state index in [2.05, 4.69) is 34.6 Å². The first-order valence-corrected chi connectivity index (χ1v) is 14.1. The predicted octanol–water partition coefficient (Wildman–Crippen LogP) is 6.54. The van der Waals surface area contributed by atoms with Crippen molar-refractivity contribution < 1.29 is 15.0 Å². The third-order valence-electron chi connectivity index (χ3n) is 13.3. The lowest BCUT2D eigenvalue weighted by molar-refractivity contribution is -0.157. The first kappa shape index (κ1) is 24.3. The minimum absolute atomic E-state index is 0.123. The zero-order chi connectivity index (χ0) is 24.2. The molecule has 0 bridgehead atoms. The van der Waals surface area contributed by atoms with Crippen LogP contribution in [-0.4, -0.2) is 27.7 Å². The average Bonchev–Trinajstić information content (AvgIpc) is 3.31. The first-order chi connectivity index (χ1) is 15.2. The second-order valence-corrected chi connectivity index (χ2v) is 15.0. The van der Waals surface area contributed by atoms with Crippen molar-refractivity contribution in [3.8, 4) is 0 Å². The fraction of sp³-hybridized carbons (Fsp3) is 0.967. The SMILES string of the molecule is C[C@H](CC[C@@H](O)C(C)(C)O)[C@H]1CC[C@@]2(C)[C@@H]3CCC4C(C)(C)C(=O)CC[C@@]45CC35CC[C@]12C. The maximum absolute atomic E-state index is 12.8. The van der Waals surface area contributed by atoms with Gasteiger partial charge in [-0.15, -0.1) is 0 Å². The highest BCUT2D eigenvalue weighted by Gasteiger charge is 2.82. The Morgan fingerprint density at radius 3 is 2.21 bits per heavy atom. The Bertz CT molecular complexity index is 825. The molecule has 5 aliphatic carbocycles. The van der Waals surface area contributed by atoms with E-state index >= 15 is 0 Å². The van der Waals surface area contributed by atoms with E-state index in [0.717, 1.165) is 25.2 Å². The molecule has 0 saturated heterocycles. The fourth-order valence-electron chi connectivity index (χ4n) is 11.1. The molecule has 0 aromatic carbocycles. The number of aliphatic hydroxyl groups excluding tert-OH is 1. The van der Waals surface area contributed by atoms with Crippen LogP contribution in [0.5, 0.6) is 0 Å². The van der Waals surface area contributed by atoms with Gasteiger partial charge in [-0.05, 0) is 123 Å². The van der Waals surface area contributed by atoms with Gasteiger partial charge in [-0.1, -0.05) is 34.6 Å². The summed E-state index contributed by atoms with van der Waals surface area (Å²) in [6, 6.07) is 0. The Hall–Kier alpha value is -0.410. The van der Waals surface area contributed by atoms with Crippen LogP contribution in [0.1, 0.15) is 119 Å². The quantitative estimate of drug-likeness (QED) is 0.491. The molecule has 5 saturated carbocycles. The summed E-state index contributed by atoms with van der Waals surface area (Å²) in [6.45, 7) is 15.7. The minimum Gasteiger partial charge on any atom is -0.390 e. The van der Waals surface area contributed by atoms with E-state index in [0.29, 0.717) is 51.6 Å².